The minimum absolute atomic E-state index is 0.146. The zero-order valence-electron chi connectivity index (χ0n) is 10.7. The molecule has 0 aliphatic carbocycles. The average molecular weight is 264 g/mol. The van der Waals surface area contributed by atoms with Gasteiger partial charge in [-0.3, -0.25) is 4.90 Å². The van der Waals surface area contributed by atoms with E-state index in [2.05, 4.69) is 35.4 Å². The third-order valence-corrected chi connectivity index (χ3v) is 4.43. The van der Waals surface area contributed by atoms with E-state index in [-0.39, 0.29) is 6.04 Å². The van der Waals surface area contributed by atoms with Crippen molar-refractivity contribution in [3.8, 4) is 0 Å². The minimum Gasteiger partial charge on any atom is -0.328 e. The molecule has 1 fully saturated rings. The Hall–Kier alpha value is -0.840. The van der Waals surface area contributed by atoms with Gasteiger partial charge in [-0.15, -0.1) is 11.8 Å². The summed E-state index contributed by atoms with van der Waals surface area (Å²) in [4.78, 5) is 14.7. The van der Waals surface area contributed by atoms with E-state index in [9.17, 15) is 4.79 Å². The lowest BCUT2D eigenvalue weighted by molar-refractivity contribution is -0.112. The summed E-state index contributed by atoms with van der Waals surface area (Å²) in [6.45, 7) is 1.37. The van der Waals surface area contributed by atoms with Gasteiger partial charge in [0.05, 0.1) is 6.04 Å². The van der Waals surface area contributed by atoms with E-state index in [0.717, 1.165) is 25.7 Å². The molecule has 1 aliphatic rings. The van der Waals surface area contributed by atoms with Crippen molar-refractivity contribution in [2.24, 2.45) is 5.73 Å². The molecule has 0 saturated carbocycles. The summed E-state index contributed by atoms with van der Waals surface area (Å²) >= 11 is 1.76. The van der Waals surface area contributed by atoms with E-state index in [1.807, 2.05) is 0 Å². The predicted octanol–water partition coefficient (Wildman–Crippen LogP) is 2.07. The third kappa shape index (κ3) is 2.60. The lowest BCUT2D eigenvalue weighted by atomic mass is 10.0. The molecule has 18 heavy (non-hydrogen) atoms. The highest BCUT2D eigenvalue weighted by molar-refractivity contribution is 7.98. The number of hydrogen-bond donors (Lipinski definition) is 1. The molecule has 1 saturated heterocycles. The first-order valence-corrected chi connectivity index (χ1v) is 7.58. The molecule has 0 bridgehead atoms. The van der Waals surface area contributed by atoms with Crippen LogP contribution in [0.1, 0.15) is 24.4 Å². The number of aldehydes is 1. The van der Waals surface area contributed by atoms with Gasteiger partial charge in [0.15, 0.2) is 0 Å². The number of hydrogen-bond acceptors (Lipinski definition) is 4. The summed E-state index contributed by atoms with van der Waals surface area (Å²) in [5.74, 6) is 0. The third-order valence-electron chi connectivity index (χ3n) is 3.62. The predicted molar refractivity (Wildman–Crippen MR) is 75.8 cm³/mol. The van der Waals surface area contributed by atoms with Crippen molar-refractivity contribution in [3.63, 3.8) is 0 Å². The molecule has 98 valence electrons. The van der Waals surface area contributed by atoms with Gasteiger partial charge in [0.2, 0.25) is 0 Å². The molecular formula is C14H20N2OS. The first-order valence-electron chi connectivity index (χ1n) is 6.35. The summed E-state index contributed by atoms with van der Waals surface area (Å²) in [6.07, 6.45) is 5.33. The Labute approximate surface area is 113 Å². The van der Waals surface area contributed by atoms with Gasteiger partial charge >= 0.3 is 0 Å². The Morgan fingerprint density at radius 2 is 2.33 bits per heavy atom. The quantitative estimate of drug-likeness (QED) is 0.653. The van der Waals surface area contributed by atoms with Crippen LogP contribution < -0.4 is 5.73 Å². The summed E-state index contributed by atoms with van der Waals surface area (Å²) in [7, 11) is 0. The van der Waals surface area contributed by atoms with Crippen molar-refractivity contribution < 1.29 is 4.79 Å². The molecule has 4 heteroatoms. The number of carbonyl (C=O) groups is 1. The summed E-state index contributed by atoms with van der Waals surface area (Å²) in [5.41, 5.74) is 7.03. The lowest BCUT2D eigenvalue weighted by Crippen LogP contribution is -2.41. The standard InChI is InChI=1S/C14H20N2OS/c1-18-14-7-3-2-5-12(14)13-6-4-8-16(13)11(9-15)10-17/h2-3,5,7,10-11,13H,4,6,8-9,15H2,1H3. The Balaban J connectivity index is 2.28. The molecule has 3 nitrogen and oxygen atoms in total. The minimum atomic E-state index is -0.146. The molecule has 1 aromatic rings. The average Bonchev–Trinajstić information content (AvgIpc) is 2.89. The van der Waals surface area contributed by atoms with Gasteiger partial charge in [-0.2, -0.15) is 0 Å². The number of carbonyl (C=O) groups excluding carboxylic acids is 1. The first-order chi connectivity index (χ1) is 8.81. The van der Waals surface area contributed by atoms with E-state index in [4.69, 9.17) is 5.73 Å². The van der Waals surface area contributed by atoms with E-state index in [1.165, 1.54) is 10.5 Å². The first kappa shape index (κ1) is 13.6. The molecule has 2 atom stereocenters. The van der Waals surface area contributed by atoms with Crippen molar-refractivity contribution in [1.82, 2.24) is 4.90 Å². The topological polar surface area (TPSA) is 46.3 Å². The van der Waals surface area contributed by atoms with Crippen LogP contribution >= 0.6 is 11.8 Å². The largest absolute Gasteiger partial charge is 0.328 e. The zero-order valence-corrected chi connectivity index (χ0v) is 11.5. The molecule has 0 aromatic heterocycles. The number of nitrogens with two attached hydrogens (primary N) is 1. The van der Waals surface area contributed by atoms with Crippen molar-refractivity contribution >= 4 is 18.0 Å². The van der Waals surface area contributed by atoms with Crippen molar-refractivity contribution in [1.29, 1.82) is 0 Å². The monoisotopic (exact) mass is 264 g/mol. The van der Waals surface area contributed by atoms with Gasteiger partial charge in [-0.25, -0.2) is 0 Å². The summed E-state index contributed by atoms with van der Waals surface area (Å²) in [5, 5.41) is 0. The second kappa shape index (κ2) is 6.36. The molecular weight excluding hydrogens is 244 g/mol. The van der Waals surface area contributed by atoms with Crippen LogP contribution in [0.2, 0.25) is 0 Å². The highest BCUT2D eigenvalue weighted by Crippen LogP contribution is 2.37. The van der Waals surface area contributed by atoms with Crippen LogP contribution in [-0.4, -0.2) is 36.6 Å². The van der Waals surface area contributed by atoms with Gasteiger partial charge in [-0.1, -0.05) is 18.2 Å². The van der Waals surface area contributed by atoms with Crippen LogP contribution in [0.3, 0.4) is 0 Å². The van der Waals surface area contributed by atoms with Gasteiger partial charge < -0.3 is 10.5 Å². The van der Waals surface area contributed by atoms with Crippen LogP contribution in [0.25, 0.3) is 0 Å². The van der Waals surface area contributed by atoms with Crippen LogP contribution in [0.15, 0.2) is 29.2 Å². The maximum atomic E-state index is 11.1. The molecule has 0 radical (unpaired) electrons. The van der Waals surface area contributed by atoms with E-state index in [0.29, 0.717) is 12.6 Å². The normalized spacial score (nSPS) is 22.0. The molecule has 2 unspecified atom stereocenters. The number of likely N-dealkylation sites (tertiary alicyclic amines) is 1. The van der Waals surface area contributed by atoms with Crippen LogP contribution in [-0.2, 0) is 4.79 Å². The fourth-order valence-electron chi connectivity index (χ4n) is 2.73. The molecule has 2 N–H and O–H groups in total. The molecule has 2 rings (SSSR count). The lowest BCUT2D eigenvalue weighted by Gasteiger charge is -2.30. The Morgan fingerprint density at radius 1 is 1.56 bits per heavy atom. The maximum absolute atomic E-state index is 11.1. The molecule has 1 aliphatic heterocycles. The second-order valence-electron chi connectivity index (χ2n) is 4.58. The Bertz CT molecular complexity index is 411. The molecule has 1 aromatic carbocycles. The molecule has 1 heterocycles. The highest BCUT2D eigenvalue weighted by Gasteiger charge is 2.31. The van der Waals surface area contributed by atoms with Crippen LogP contribution in [0.5, 0.6) is 0 Å². The number of nitrogens with zero attached hydrogens (tertiary/aromatic N) is 1. The van der Waals surface area contributed by atoms with Gasteiger partial charge in [0, 0.05) is 17.5 Å². The van der Waals surface area contributed by atoms with Crippen LogP contribution in [0.4, 0.5) is 0 Å². The van der Waals surface area contributed by atoms with Crippen molar-refractivity contribution in [2.45, 2.75) is 29.8 Å². The fourth-order valence-corrected chi connectivity index (χ4v) is 3.39. The Morgan fingerprint density at radius 3 is 3.00 bits per heavy atom. The van der Waals surface area contributed by atoms with E-state index >= 15 is 0 Å². The smallest absolute Gasteiger partial charge is 0.138 e. The van der Waals surface area contributed by atoms with Gasteiger partial charge in [0.25, 0.3) is 0 Å². The summed E-state index contributed by atoms with van der Waals surface area (Å²) in [6, 6.07) is 8.65. The van der Waals surface area contributed by atoms with E-state index in [1.54, 1.807) is 11.8 Å². The zero-order chi connectivity index (χ0) is 13.0. The maximum Gasteiger partial charge on any atom is 0.138 e. The van der Waals surface area contributed by atoms with E-state index < -0.39 is 0 Å². The number of rotatable bonds is 5. The van der Waals surface area contributed by atoms with Crippen LogP contribution in [0, 0.1) is 0 Å². The number of benzene rings is 1. The second-order valence-corrected chi connectivity index (χ2v) is 5.43. The number of thioether (sulfide) groups is 1. The van der Waals surface area contributed by atoms with Gasteiger partial charge in [-0.05, 0) is 37.3 Å². The Kier molecular flexibility index (Phi) is 4.80. The van der Waals surface area contributed by atoms with Crippen molar-refractivity contribution in [2.75, 3.05) is 19.3 Å². The SMILES string of the molecule is CSc1ccccc1C1CCCN1C(C=O)CN. The highest BCUT2D eigenvalue weighted by atomic mass is 32.2. The van der Waals surface area contributed by atoms with Gasteiger partial charge in [0.1, 0.15) is 6.29 Å². The fraction of sp³-hybridized carbons (Fsp3) is 0.500. The van der Waals surface area contributed by atoms with Crippen molar-refractivity contribution in [3.05, 3.63) is 29.8 Å². The molecule has 0 amide bonds. The molecule has 0 spiro atoms. The summed E-state index contributed by atoms with van der Waals surface area (Å²) < 4.78 is 0.